The summed E-state index contributed by atoms with van der Waals surface area (Å²) in [5.74, 6) is -1.27. The van der Waals surface area contributed by atoms with Crippen molar-refractivity contribution in [1.29, 1.82) is 0 Å². The molecule has 0 fully saturated rings. The van der Waals surface area contributed by atoms with Gasteiger partial charge in [-0.25, -0.2) is 4.79 Å². The fourth-order valence-electron chi connectivity index (χ4n) is 4.82. The van der Waals surface area contributed by atoms with Crippen LogP contribution in [0.3, 0.4) is 0 Å². The lowest BCUT2D eigenvalue weighted by Gasteiger charge is -2.29. The van der Waals surface area contributed by atoms with E-state index in [0.29, 0.717) is 12.0 Å². The molecule has 134 valence electrons. The van der Waals surface area contributed by atoms with Gasteiger partial charge in [0.2, 0.25) is 0 Å². The van der Waals surface area contributed by atoms with E-state index in [1.165, 1.54) is 16.7 Å². The number of carboxylic acids is 1. The second kappa shape index (κ2) is 6.27. The number of fused-ring (bicyclic) bond motifs is 4. The van der Waals surface area contributed by atoms with Crippen molar-refractivity contribution in [1.82, 2.24) is 5.32 Å². The third-order valence-corrected chi connectivity index (χ3v) is 6.06. The van der Waals surface area contributed by atoms with Gasteiger partial charge in [0.25, 0.3) is 5.91 Å². The van der Waals surface area contributed by atoms with Crippen LogP contribution in [0.5, 0.6) is 0 Å². The van der Waals surface area contributed by atoms with Crippen LogP contribution in [0.25, 0.3) is 0 Å². The number of rotatable bonds is 4. The van der Waals surface area contributed by atoms with Crippen molar-refractivity contribution in [3.63, 3.8) is 0 Å². The third-order valence-electron chi connectivity index (χ3n) is 6.06. The standard InChI is InChI=1S/C22H23NO3/c1-2-18(21(25)26)23-20(24)16-8-5-7-15-11-13-22(19(15)16)12-10-14-6-3-4-9-17(14)22/h3-9,18H,2,10-13H2,1H3,(H,23,24)(H,25,26)/t18-,22+/m0/s1. The summed E-state index contributed by atoms with van der Waals surface area (Å²) < 4.78 is 0. The van der Waals surface area contributed by atoms with Crippen molar-refractivity contribution in [2.75, 3.05) is 0 Å². The number of hydrogen-bond donors (Lipinski definition) is 2. The van der Waals surface area contributed by atoms with Crippen molar-refractivity contribution in [3.8, 4) is 0 Å². The second-order valence-corrected chi connectivity index (χ2v) is 7.35. The molecule has 0 radical (unpaired) electrons. The van der Waals surface area contributed by atoms with Gasteiger partial charge in [-0.1, -0.05) is 43.3 Å². The Bertz CT molecular complexity index is 885. The van der Waals surface area contributed by atoms with Crippen molar-refractivity contribution < 1.29 is 14.7 Å². The molecule has 2 aromatic carbocycles. The first-order valence-corrected chi connectivity index (χ1v) is 9.31. The molecule has 0 heterocycles. The molecule has 2 aliphatic rings. The predicted molar refractivity (Wildman–Crippen MR) is 99.5 cm³/mol. The molecule has 1 spiro atoms. The topological polar surface area (TPSA) is 66.4 Å². The van der Waals surface area contributed by atoms with E-state index < -0.39 is 12.0 Å². The van der Waals surface area contributed by atoms with Crippen LogP contribution in [0.2, 0.25) is 0 Å². The Morgan fingerprint density at radius 1 is 1.08 bits per heavy atom. The predicted octanol–water partition coefficient (Wildman–Crippen LogP) is 3.46. The van der Waals surface area contributed by atoms with E-state index in [1.54, 1.807) is 6.92 Å². The summed E-state index contributed by atoms with van der Waals surface area (Å²) in [5.41, 5.74) is 5.57. The fourth-order valence-corrected chi connectivity index (χ4v) is 4.82. The van der Waals surface area contributed by atoms with Crippen LogP contribution < -0.4 is 5.32 Å². The summed E-state index contributed by atoms with van der Waals surface area (Å²) in [6, 6.07) is 13.5. The molecule has 0 saturated heterocycles. The zero-order valence-corrected chi connectivity index (χ0v) is 14.9. The first-order chi connectivity index (χ1) is 12.6. The molecule has 0 unspecified atom stereocenters. The normalized spacial score (nSPS) is 21.3. The monoisotopic (exact) mass is 349 g/mol. The summed E-state index contributed by atoms with van der Waals surface area (Å²) in [6.07, 6.45) is 4.38. The zero-order valence-electron chi connectivity index (χ0n) is 14.9. The molecule has 1 amide bonds. The van der Waals surface area contributed by atoms with Crippen LogP contribution in [0.1, 0.15) is 58.8 Å². The number of benzene rings is 2. The Kier molecular flexibility index (Phi) is 4.06. The smallest absolute Gasteiger partial charge is 0.326 e. The molecule has 0 bridgehead atoms. The van der Waals surface area contributed by atoms with Gasteiger partial charge in [0.05, 0.1) is 0 Å². The lowest BCUT2D eigenvalue weighted by molar-refractivity contribution is -0.139. The Morgan fingerprint density at radius 2 is 1.77 bits per heavy atom. The molecule has 2 N–H and O–H groups in total. The summed E-state index contributed by atoms with van der Waals surface area (Å²) in [4.78, 5) is 24.3. The van der Waals surface area contributed by atoms with Crippen LogP contribution in [0, 0.1) is 0 Å². The lowest BCUT2D eigenvalue weighted by Crippen LogP contribution is -2.41. The molecule has 2 atom stereocenters. The average molecular weight is 349 g/mol. The van der Waals surface area contributed by atoms with Gasteiger partial charge >= 0.3 is 5.97 Å². The van der Waals surface area contributed by atoms with Gasteiger partial charge in [0, 0.05) is 11.0 Å². The first kappa shape index (κ1) is 16.8. The first-order valence-electron chi connectivity index (χ1n) is 9.31. The van der Waals surface area contributed by atoms with Crippen LogP contribution in [-0.2, 0) is 23.1 Å². The van der Waals surface area contributed by atoms with Crippen molar-refractivity contribution in [2.24, 2.45) is 0 Å². The highest BCUT2D eigenvalue weighted by atomic mass is 16.4. The van der Waals surface area contributed by atoms with Crippen LogP contribution >= 0.6 is 0 Å². The second-order valence-electron chi connectivity index (χ2n) is 7.35. The molecular weight excluding hydrogens is 326 g/mol. The summed E-state index contributed by atoms with van der Waals surface area (Å²) in [6.45, 7) is 1.77. The van der Waals surface area contributed by atoms with Crippen LogP contribution in [-0.4, -0.2) is 23.0 Å². The third kappa shape index (κ3) is 2.44. The minimum atomic E-state index is -0.991. The summed E-state index contributed by atoms with van der Waals surface area (Å²) in [5, 5.41) is 12.0. The van der Waals surface area contributed by atoms with E-state index in [9.17, 15) is 14.7 Å². The lowest BCUT2D eigenvalue weighted by atomic mass is 9.74. The number of nitrogens with one attached hydrogen (secondary N) is 1. The van der Waals surface area contributed by atoms with E-state index in [1.807, 2.05) is 12.1 Å². The molecule has 0 aromatic heterocycles. The molecule has 2 aliphatic carbocycles. The number of amides is 1. The number of aliphatic carboxylic acids is 1. The van der Waals surface area contributed by atoms with E-state index >= 15 is 0 Å². The van der Waals surface area contributed by atoms with Crippen molar-refractivity contribution in [2.45, 2.75) is 50.5 Å². The summed E-state index contributed by atoms with van der Waals surface area (Å²) >= 11 is 0. The van der Waals surface area contributed by atoms with E-state index in [4.69, 9.17) is 0 Å². The Labute approximate surface area is 153 Å². The maximum absolute atomic E-state index is 13.0. The summed E-state index contributed by atoms with van der Waals surface area (Å²) in [7, 11) is 0. The zero-order chi connectivity index (χ0) is 18.3. The molecular formula is C22H23NO3. The Morgan fingerprint density at radius 3 is 2.50 bits per heavy atom. The highest BCUT2D eigenvalue weighted by Gasteiger charge is 2.46. The highest BCUT2D eigenvalue weighted by Crippen LogP contribution is 2.53. The molecule has 4 heteroatoms. The number of carboxylic acid groups (broad SMARTS) is 1. The minimum Gasteiger partial charge on any atom is -0.480 e. The highest BCUT2D eigenvalue weighted by molar-refractivity contribution is 5.99. The maximum Gasteiger partial charge on any atom is 0.326 e. The number of hydrogen-bond acceptors (Lipinski definition) is 2. The van der Waals surface area contributed by atoms with Crippen LogP contribution in [0.15, 0.2) is 42.5 Å². The quantitative estimate of drug-likeness (QED) is 0.888. The van der Waals surface area contributed by atoms with E-state index in [-0.39, 0.29) is 11.3 Å². The van der Waals surface area contributed by atoms with Gasteiger partial charge in [-0.2, -0.15) is 0 Å². The molecule has 26 heavy (non-hydrogen) atoms. The largest absolute Gasteiger partial charge is 0.480 e. The SMILES string of the molecule is CC[C@H](NC(=O)c1cccc2c1[C@]1(CCc3ccccc31)CC2)C(=O)O. The Hall–Kier alpha value is -2.62. The Balaban J connectivity index is 1.79. The van der Waals surface area contributed by atoms with Gasteiger partial charge in [0.1, 0.15) is 6.04 Å². The van der Waals surface area contributed by atoms with Gasteiger partial charge < -0.3 is 10.4 Å². The van der Waals surface area contributed by atoms with Gasteiger partial charge in [-0.3, -0.25) is 4.79 Å². The molecule has 0 saturated carbocycles. The van der Waals surface area contributed by atoms with E-state index in [0.717, 1.165) is 31.2 Å². The minimum absolute atomic E-state index is 0.106. The number of carbonyl (C=O) groups is 2. The van der Waals surface area contributed by atoms with Gasteiger partial charge in [0.15, 0.2) is 0 Å². The molecule has 4 rings (SSSR count). The number of carbonyl (C=O) groups excluding carboxylic acids is 1. The molecule has 0 aliphatic heterocycles. The fraction of sp³-hybridized carbons (Fsp3) is 0.364. The van der Waals surface area contributed by atoms with Gasteiger partial charge in [-0.05, 0) is 60.4 Å². The van der Waals surface area contributed by atoms with Gasteiger partial charge in [-0.15, -0.1) is 0 Å². The van der Waals surface area contributed by atoms with Crippen LogP contribution in [0.4, 0.5) is 0 Å². The van der Waals surface area contributed by atoms with Crippen molar-refractivity contribution in [3.05, 3.63) is 70.3 Å². The molecule has 4 nitrogen and oxygen atoms in total. The van der Waals surface area contributed by atoms with E-state index in [2.05, 4.69) is 35.6 Å². The average Bonchev–Trinajstić information content (AvgIpc) is 3.22. The maximum atomic E-state index is 13.0. The molecule has 2 aromatic rings. The van der Waals surface area contributed by atoms with Crippen molar-refractivity contribution >= 4 is 11.9 Å². The number of aryl methyl sites for hydroxylation is 2.